The molecule has 7 heteroatoms. The number of carboxylic acids is 1. The van der Waals surface area contributed by atoms with Crippen molar-refractivity contribution in [1.29, 1.82) is 0 Å². The lowest BCUT2D eigenvalue weighted by Crippen LogP contribution is -2.52. The summed E-state index contributed by atoms with van der Waals surface area (Å²) in [5, 5.41) is 12.9. The minimum Gasteiger partial charge on any atom is -0.494 e. The zero-order valence-electron chi connectivity index (χ0n) is 22.0. The maximum atomic E-state index is 12.9. The molecule has 35 heavy (non-hydrogen) atoms. The Morgan fingerprint density at radius 1 is 1.14 bits per heavy atom. The third-order valence-electron chi connectivity index (χ3n) is 8.65. The molecule has 1 aromatic carbocycles. The zero-order valence-corrected chi connectivity index (χ0v) is 22.0. The SMILES string of the molecule is CCCc1cc(C)c(OCC)cc1CN1CCC2(CC1)CN(C1CCC(C)(C(=O)O)CC1)C(=O)N2. The Hall–Kier alpha value is -2.28. The Kier molecular flexibility index (Phi) is 7.65. The third-order valence-corrected chi connectivity index (χ3v) is 8.65. The van der Waals surface area contributed by atoms with Crippen molar-refractivity contribution in [2.24, 2.45) is 5.41 Å². The van der Waals surface area contributed by atoms with E-state index in [1.807, 2.05) is 18.7 Å². The van der Waals surface area contributed by atoms with Crippen LogP contribution in [0, 0.1) is 12.3 Å². The summed E-state index contributed by atoms with van der Waals surface area (Å²) >= 11 is 0. The van der Waals surface area contributed by atoms with Gasteiger partial charge in [0.1, 0.15) is 5.75 Å². The number of hydrogen-bond donors (Lipinski definition) is 2. The number of rotatable bonds is 8. The molecule has 1 aromatic rings. The lowest BCUT2D eigenvalue weighted by molar-refractivity contribution is -0.150. The summed E-state index contributed by atoms with van der Waals surface area (Å²) in [4.78, 5) is 29.0. The molecular weight excluding hydrogens is 442 g/mol. The topological polar surface area (TPSA) is 82.1 Å². The van der Waals surface area contributed by atoms with Crippen molar-refractivity contribution in [1.82, 2.24) is 15.1 Å². The van der Waals surface area contributed by atoms with E-state index in [0.29, 0.717) is 19.4 Å². The van der Waals surface area contributed by atoms with Gasteiger partial charge >= 0.3 is 12.0 Å². The quantitative estimate of drug-likeness (QED) is 0.556. The van der Waals surface area contributed by atoms with Gasteiger partial charge in [0.2, 0.25) is 0 Å². The number of benzene rings is 1. The van der Waals surface area contributed by atoms with Crippen LogP contribution in [-0.2, 0) is 17.8 Å². The first-order valence-corrected chi connectivity index (χ1v) is 13.5. The Balaban J connectivity index is 1.36. The van der Waals surface area contributed by atoms with Crippen LogP contribution in [0.15, 0.2) is 12.1 Å². The van der Waals surface area contributed by atoms with Gasteiger partial charge in [-0.15, -0.1) is 0 Å². The molecule has 2 aliphatic heterocycles. The van der Waals surface area contributed by atoms with Crippen LogP contribution in [0.2, 0.25) is 0 Å². The van der Waals surface area contributed by atoms with Crippen molar-refractivity contribution in [2.75, 3.05) is 26.2 Å². The molecule has 0 aromatic heterocycles. The van der Waals surface area contributed by atoms with Crippen molar-refractivity contribution in [2.45, 2.75) is 97.2 Å². The normalized spacial score (nSPS) is 26.7. The van der Waals surface area contributed by atoms with Crippen LogP contribution in [0.3, 0.4) is 0 Å². The van der Waals surface area contributed by atoms with Gasteiger partial charge in [-0.05, 0) is 88.5 Å². The van der Waals surface area contributed by atoms with Crippen LogP contribution in [0.4, 0.5) is 4.79 Å². The number of ether oxygens (including phenoxy) is 1. The predicted octanol–water partition coefficient (Wildman–Crippen LogP) is 4.74. The van der Waals surface area contributed by atoms with E-state index in [4.69, 9.17) is 4.74 Å². The zero-order chi connectivity index (χ0) is 25.2. The number of nitrogens with zero attached hydrogens (tertiary/aromatic N) is 2. The summed E-state index contributed by atoms with van der Waals surface area (Å²) in [6.07, 6.45) is 6.91. The molecular formula is C28H43N3O4. The largest absolute Gasteiger partial charge is 0.494 e. The van der Waals surface area contributed by atoms with E-state index in [9.17, 15) is 14.7 Å². The molecule has 1 aliphatic carbocycles. The summed E-state index contributed by atoms with van der Waals surface area (Å²) < 4.78 is 5.88. The second-order valence-corrected chi connectivity index (χ2v) is 11.3. The standard InChI is InChI=1S/C28H43N3O4/c1-5-7-21-16-20(3)24(35-6-2)17-22(21)18-30-14-12-28(13-15-30)19-31(26(34)29-28)23-8-10-27(4,11-9-23)25(32)33/h16-17,23H,5-15,18-19H2,1-4H3,(H,29,34)(H,32,33). The number of carbonyl (C=O) groups excluding carboxylic acids is 1. The minimum atomic E-state index is -0.713. The second kappa shape index (κ2) is 10.4. The number of piperidine rings is 1. The van der Waals surface area contributed by atoms with Crippen molar-refractivity contribution < 1.29 is 19.4 Å². The van der Waals surface area contributed by atoms with Crippen molar-refractivity contribution in [3.63, 3.8) is 0 Å². The summed E-state index contributed by atoms with van der Waals surface area (Å²) in [7, 11) is 0. The highest BCUT2D eigenvalue weighted by Gasteiger charge is 2.48. The Labute approximate surface area is 210 Å². The van der Waals surface area contributed by atoms with Crippen molar-refractivity contribution in [3.05, 3.63) is 28.8 Å². The van der Waals surface area contributed by atoms with Crippen LogP contribution in [0.1, 0.15) is 82.4 Å². The van der Waals surface area contributed by atoms with Gasteiger partial charge in [0.05, 0.1) is 17.6 Å². The number of amides is 2. The molecule has 2 heterocycles. The van der Waals surface area contributed by atoms with E-state index in [1.165, 1.54) is 16.7 Å². The highest BCUT2D eigenvalue weighted by molar-refractivity contribution is 5.78. The number of hydrogen-bond acceptors (Lipinski definition) is 4. The first kappa shape index (κ1) is 25.8. The smallest absolute Gasteiger partial charge is 0.318 e. The average molecular weight is 486 g/mol. The summed E-state index contributed by atoms with van der Waals surface area (Å²) in [6.45, 7) is 12.5. The van der Waals surface area contributed by atoms with Crippen LogP contribution < -0.4 is 10.1 Å². The fraction of sp³-hybridized carbons (Fsp3) is 0.714. The van der Waals surface area contributed by atoms with Crippen LogP contribution in [0.25, 0.3) is 0 Å². The van der Waals surface area contributed by atoms with Gasteiger partial charge in [0.25, 0.3) is 0 Å². The molecule has 7 nitrogen and oxygen atoms in total. The summed E-state index contributed by atoms with van der Waals surface area (Å²) in [5.41, 5.74) is 3.18. The molecule has 2 saturated heterocycles. The molecule has 0 bridgehead atoms. The van der Waals surface area contributed by atoms with Gasteiger partial charge in [-0.1, -0.05) is 19.4 Å². The highest BCUT2D eigenvalue weighted by Crippen LogP contribution is 2.40. The second-order valence-electron chi connectivity index (χ2n) is 11.3. The maximum absolute atomic E-state index is 12.9. The first-order valence-electron chi connectivity index (χ1n) is 13.5. The predicted molar refractivity (Wildman–Crippen MR) is 137 cm³/mol. The third kappa shape index (κ3) is 5.45. The van der Waals surface area contributed by atoms with E-state index in [2.05, 4.69) is 36.2 Å². The van der Waals surface area contributed by atoms with Gasteiger partial charge in [0, 0.05) is 32.2 Å². The van der Waals surface area contributed by atoms with E-state index in [1.54, 1.807) is 0 Å². The Morgan fingerprint density at radius 2 is 1.83 bits per heavy atom. The number of urea groups is 1. The van der Waals surface area contributed by atoms with Gasteiger partial charge in [0.15, 0.2) is 0 Å². The van der Waals surface area contributed by atoms with E-state index in [0.717, 1.165) is 70.5 Å². The number of aryl methyl sites for hydroxylation is 2. The molecule has 3 fully saturated rings. The van der Waals surface area contributed by atoms with Crippen LogP contribution in [-0.4, -0.2) is 64.7 Å². The highest BCUT2D eigenvalue weighted by atomic mass is 16.5. The Morgan fingerprint density at radius 3 is 2.43 bits per heavy atom. The summed E-state index contributed by atoms with van der Waals surface area (Å²) in [5.74, 6) is 0.274. The molecule has 1 spiro atoms. The van der Waals surface area contributed by atoms with Gasteiger partial charge in [-0.3, -0.25) is 9.69 Å². The molecule has 2 amide bonds. The van der Waals surface area contributed by atoms with Gasteiger partial charge < -0.3 is 20.1 Å². The van der Waals surface area contributed by atoms with Gasteiger partial charge in [-0.2, -0.15) is 0 Å². The van der Waals surface area contributed by atoms with Gasteiger partial charge in [-0.25, -0.2) is 4.79 Å². The van der Waals surface area contributed by atoms with Crippen LogP contribution in [0.5, 0.6) is 5.75 Å². The number of aliphatic carboxylic acids is 1. The van der Waals surface area contributed by atoms with Crippen molar-refractivity contribution in [3.8, 4) is 5.75 Å². The van der Waals surface area contributed by atoms with E-state index >= 15 is 0 Å². The molecule has 0 radical (unpaired) electrons. The fourth-order valence-corrected chi connectivity index (χ4v) is 6.21. The van der Waals surface area contributed by atoms with E-state index in [-0.39, 0.29) is 17.6 Å². The molecule has 3 aliphatic rings. The van der Waals surface area contributed by atoms with Crippen LogP contribution >= 0.6 is 0 Å². The molecule has 0 atom stereocenters. The number of likely N-dealkylation sites (tertiary alicyclic amines) is 1. The number of carboxylic acid groups (broad SMARTS) is 1. The number of carbonyl (C=O) groups is 2. The first-order chi connectivity index (χ1) is 16.7. The lowest BCUT2D eigenvalue weighted by Gasteiger charge is -2.40. The van der Waals surface area contributed by atoms with E-state index < -0.39 is 11.4 Å². The molecule has 1 saturated carbocycles. The minimum absolute atomic E-state index is 0.0347. The molecule has 2 N–H and O–H groups in total. The number of nitrogens with one attached hydrogen (secondary N) is 1. The van der Waals surface area contributed by atoms with Crippen molar-refractivity contribution >= 4 is 12.0 Å². The Bertz CT molecular complexity index is 930. The lowest BCUT2D eigenvalue weighted by atomic mass is 9.73. The molecule has 194 valence electrons. The summed E-state index contributed by atoms with van der Waals surface area (Å²) in [6, 6.07) is 4.72. The molecule has 0 unspecified atom stereocenters. The molecule has 4 rings (SSSR count). The average Bonchev–Trinajstić information content (AvgIpc) is 3.14. The fourth-order valence-electron chi connectivity index (χ4n) is 6.21. The monoisotopic (exact) mass is 485 g/mol. The maximum Gasteiger partial charge on any atom is 0.318 e.